The van der Waals surface area contributed by atoms with E-state index in [4.69, 9.17) is 14.6 Å². The Balaban J connectivity index is 2.27. The highest BCUT2D eigenvalue weighted by atomic mass is 16.4. The first-order valence-electron chi connectivity index (χ1n) is 5.79. The molecule has 0 aliphatic heterocycles. The van der Waals surface area contributed by atoms with E-state index >= 15 is 0 Å². The van der Waals surface area contributed by atoms with Crippen LogP contribution >= 0.6 is 0 Å². The number of unbranched alkanes of at least 4 members (excludes halogenated alkanes) is 2. The fourth-order valence-corrected chi connectivity index (χ4v) is 1.60. The van der Waals surface area contributed by atoms with E-state index in [0.717, 1.165) is 25.8 Å². The molecule has 0 saturated carbocycles. The molecule has 0 aliphatic carbocycles. The molecule has 0 saturated heterocycles. The fraction of sp³-hybridized carbons (Fsp3) is 0.583. The lowest BCUT2D eigenvalue weighted by Crippen LogP contribution is -2.14. The van der Waals surface area contributed by atoms with Crippen LogP contribution in [0.15, 0.2) is 10.5 Å². The van der Waals surface area contributed by atoms with Gasteiger partial charge in [0.05, 0.1) is 6.54 Å². The Morgan fingerprint density at radius 1 is 1.41 bits per heavy atom. The first-order valence-corrected chi connectivity index (χ1v) is 5.79. The molecule has 1 aromatic rings. The van der Waals surface area contributed by atoms with Gasteiger partial charge in [-0.15, -0.1) is 0 Å². The van der Waals surface area contributed by atoms with Crippen LogP contribution in [-0.4, -0.2) is 29.3 Å². The van der Waals surface area contributed by atoms with Crippen molar-refractivity contribution in [1.29, 1.82) is 0 Å². The van der Waals surface area contributed by atoms with E-state index in [1.807, 2.05) is 0 Å². The first-order chi connectivity index (χ1) is 8.15. The Kier molecular flexibility index (Phi) is 5.72. The van der Waals surface area contributed by atoms with Gasteiger partial charge in [-0.3, -0.25) is 0 Å². The quantitative estimate of drug-likeness (QED) is 0.601. The molecule has 5 nitrogen and oxygen atoms in total. The standard InChI is InChI=1S/C12H19NO4/c1-9-7-10(17-11(9)12(15)16)8-13-5-3-2-4-6-14/h7,13-14H,2-6,8H2,1H3,(H,15,16). The van der Waals surface area contributed by atoms with E-state index in [0.29, 0.717) is 17.9 Å². The van der Waals surface area contributed by atoms with E-state index in [2.05, 4.69) is 5.32 Å². The summed E-state index contributed by atoms with van der Waals surface area (Å²) in [7, 11) is 0. The number of aliphatic hydroxyl groups is 1. The number of carboxylic acid groups (broad SMARTS) is 1. The average molecular weight is 241 g/mol. The topological polar surface area (TPSA) is 82.7 Å². The van der Waals surface area contributed by atoms with Gasteiger partial charge in [-0.05, 0) is 38.8 Å². The average Bonchev–Trinajstić information content (AvgIpc) is 2.65. The molecule has 3 N–H and O–H groups in total. The van der Waals surface area contributed by atoms with Crippen LogP contribution < -0.4 is 5.32 Å². The number of carboxylic acids is 1. The van der Waals surface area contributed by atoms with Crippen LogP contribution in [0, 0.1) is 6.92 Å². The Labute approximate surface area is 100 Å². The van der Waals surface area contributed by atoms with Crippen LogP contribution in [0.25, 0.3) is 0 Å². The van der Waals surface area contributed by atoms with E-state index in [-0.39, 0.29) is 12.4 Å². The van der Waals surface area contributed by atoms with Crippen LogP contribution in [0.1, 0.15) is 41.1 Å². The number of carbonyl (C=O) groups is 1. The van der Waals surface area contributed by atoms with Crippen molar-refractivity contribution in [3.8, 4) is 0 Å². The molecule has 0 unspecified atom stereocenters. The van der Waals surface area contributed by atoms with Crippen molar-refractivity contribution in [2.75, 3.05) is 13.2 Å². The summed E-state index contributed by atoms with van der Waals surface area (Å²) >= 11 is 0. The second kappa shape index (κ2) is 7.09. The van der Waals surface area contributed by atoms with Gasteiger partial charge in [0.1, 0.15) is 5.76 Å². The van der Waals surface area contributed by atoms with Gasteiger partial charge in [0.15, 0.2) is 0 Å². The minimum absolute atomic E-state index is 0.0158. The number of rotatable bonds is 8. The number of furan rings is 1. The normalized spacial score (nSPS) is 10.7. The number of aromatic carboxylic acids is 1. The highest BCUT2D eigenvalue weighted by molar-refractivity contribution is 5.86. The summed E-state index contributed by atoms with van der Waals surface area (Å²) in [6, 6.07) is 1.74. The molecule has 1 rings (SSSR count). The predicted octanol–water partition coefficient (Wildman–Crippen LogP) is 1.54. The first kappa shape index (κ1) is 13.7. The summed E-state index contributed by atoms with van der Waals surface area (Å²) in [4.78, 5) is 10.7. The number of nitrogens with one attached hydrogen (secondary N) is 1. The summed E-state index contributed by atoms with van der Waals surface area (Å²) in [5.41, 5.74) is 0.648. The van der Waals surface area contributed by atoms with E-state index in [1.54, 1.807) is 13.0 Å². The maximum atomic E-state index is 10.7. The molecule has 0 spiro atoms. The zero-order valence-electron chi connectivity index (χ0n) is 10.0. The second-order valence-corrected chi connectivity index (χ2v) is 3.99. The van der Waals surface area contributed by atoms with Gasteiger partial charge >= 0.3 is 5.97 Å². The van der Waals surface area contributed by atoms with Crippen molar-refractivity contribution in [1.82, 2.24) is 5.32 Å². The summed E-state index contributed by atoms with van der Waals surface area (Å²) in [5.74, 6) is -0.374. The Bertz CT molecular complexity index is 359. The van der Waals surface area contributed by atoms with E-state index in [9.17, 15) is 4.79 Å². The van der Waals surface area contributed by atoms with Crippen LogP contribution in [0.2, 0.25) is 0 Å². The molecule has 96 valence electrons. The van der Waals surface area contributed by atoms with Crippen LogP contribution in [0.3, 0.4) is 0 Å². The van der Waals surface area contributed by atoms with E-state index in [1.165, 1.54) is 0 Å². The maximum absolute atomic E-state index is 10.7. The molecule has 0 aromatic carbocycles. The lowest BCUT2D eigenvalue weighted by Gasteiger charge is -2.01. The molecule has 0 radical (unpaired) electrons. The van der Waals surface area contributed by atoms with E-state index < -0.39 is 5.97 Å². The molecule has 0 atom stereocenters. The third-order valence-electron chi connectivity index (χ3n) is 2.47. The third-order valence-corrected chi connectivity index (χ3v) is 2.47. The summed E-state index contributed by atoms with van der Waals surface area (Å²) in [6.45, 7) is 3.33. The molecule has 0 bridgehead atoms. The highest BCUT2D eigenvalue weighted by Gasteiger charge is 2.13. The van der Waals surface area contributed by atoms with Crippen molar-refractivity contribution in [2.45, 2.75) is 32.7 Å². The number of aliphatic hydroxyl groups excluding tert-OH is 1. The monoisotopic (exact) mass is 241 g/mol. The van der Waals surface area contributed by atoms with Crippen LogP contribution in [-0.2, 0) is 6.54 Å². The fourth-order valence-electron chi connectivity index (χ4n) is 1.60. The second-order valence-electron chi connectivity index (χ2n) is 3.99. The summed E-state index contributed by atoms with van der Waals surface area (Å²) < 4.78 is 5.20. The molecule has 0 amide bonds. The van der Waals surface area contributed by atoms with Crippen molar-refractivity contribution in [2.24, 2.45) is 0 Å². The molecular weight excluding hydrogens is 222 g/mol. The van der Waals surface area contributed by atoms with Gasteiger partial charge in [-0.1, -0.05) is 0 Å². The predicted molar refractivity (Wildman–Crippen MR) is 63.0 cm³/mol. The zero-order chi connectivity index (χ0) is 12.7. The van der Waals surface area contributed by atoms with Gasteiger partial charge < -0.3 is 19.9 Å². The minimum Gasteiger partial charge on any atom is -0.475 e. The van der Waals surface area contributed by atoms with Crippen molar-refractivity contribution in [3.05, 3.63) is 23.2 Å². The molecule has 5 heteroatoms. The van der Waals surface area contributed by atoms with Gasteiger partial charge in [0.2, 0.25) is 5.76 Å². The summed E-state index contributed by atoms with van der Waals surface area (Å²) in [6.07, 6.45) is 2.80. The highest BCUT2D eigenvalue weighted by Crippen LogP contribution is 2.14. The molecule has 1 aromatic heterocycles. The van der Waals surface area contributed by atoms with Crippen molar-refractivity contribution >= 4 is 5.97 Å². The van der Waals surface area contributed by atoms with Gasteiger partial charge in [-0.25, -0.2) is 4.79 Å². The van der Waals surface area contributed by atoms with Gasteiger partial charge in [0, 0.05) is 12.2 Å². The molecule has 0 aliphatic rings. The smallest absolute Gasteiger partial charge is 0.372 e. The summed E-state index contributed by atoms with van der Waals surface area (Å²) in [5, 5.41) is 20.6. The van der Waals surface area contributed by atoms with Crippen LogP contribution in [0.4, 0.5) is 0 Å². The number of hydrogen-bond donors (Lipinski definition) is 3. The largest absolute Gasteiger partial charge is 0.475 e. The van der Waals surface area contributed by atoms with Gasteiger partial charge in [-0.2, -0.15) is 0 Å². The molecule has 17 heavy (non-hydrogen) atoms. The number of hydrogen-bond acceptors (Lipinski definition) is 4. The lowest BCUT2D eigenvalue weighted by molar-refractivity contribution is 0.0659. The van der Waals surface area contributed by atoms with Gasteiger partial charge in [0.25, 0.3) is 0 Å². The molecule has 1 heterocycles. The molecule has 0 fully saturated rings. The Morgan fingerprint density at radius 2 is 2.18 bits per heavy atom. The molecular formula is C12H19NO4. The van der Waals surface area contributed by atoms with Crippen molar-refractivity contribution < 1.29 is 19.4 Å². The van der Waals surface area contributed by atoms with Crippen LogP contribution in [0.5, 0.6) is 0 Å². The lowest BCUT2D eigenvalue weighted by atomic mass is 10.2. The zero-order valence-corrected chi connectivity index (χ0v) is 10.0. The Morgan fingerprint density at radius 3 is 2.76 bits per heavy atom. The number of aryl methyl sites for hydroxylation is 1. The Hall–Kier alpha value is -1.33. The minimum atomic E-state index is -1.03. The maximum Gasteiger partial charge on any atom is 0.372 e. The SMILES string of the molecule is Cc1cc(CNCCCCCO)oc1C(=O)O. The third kappa shape index (κ3) is 4.58. The van der Waals surface area contributed by atoms with Crippen molar-refractivity contribution in [3.63, 3.8) is 0 Å².